The van der Waals surface area contributed by atoms with E-state index in [1.165, 1.54) is 36.8 Å². The first-order chi connectivity index (χ1) is 13.9. The van der Waals surface area contributed by atoms with Crippen LogP contribution in [0.5, 0.6) is 0 Å². The molecule has 1 aliphatic carbocycles. The zero-order valence-corrected chi connectivity index (χ0v) is 17.5. The van der Waals surface area contributed by atoms with Crippen molar-refractivity contribution in [3.63, 3.8) is 0 Å². The van der Waals surface area contributed by atoms with Crippen LogP contribution in [0.2, 0.25) is 0 Å². The molecule has 3 heteroatoms. The molecule has 0 spiro atoms. The summed E-state index contributed by atoms with van der Waals surface area (Å²) in [5, 5.41) is 0. The van der Waals surface area contributed by atoms with Crippen LogP contribution in [-0.4, -0.2) is 0 Å². The lowest BCUT2D eigenvalue weighted by Gasteiger charge is -2.30. The lowest BCUT2D eigenvalue weighted by atomic mass is 9.75. The first-order valence-electron chi connectivity index (χ1n) is 10.8. The molecule has 1 aliphatic rings. The second kappa shape index (κ2) is 9.65. The fraction of sp³-hybridized carbons (Fsp3) is 0.462. The van der Waals surface area contributed by atoms with E-state index in [1.807, 2.05) is 24.3 Å². The maximum Gasteiger partial charge on any atom is 0.194 e. The number of hydrogen-bond donors (Lipinski definition) is 0. The molecule has 3 rings (SSSR count). The molecule has 0 aromatic heterocycles. The number of allylic oxidation sites excluding steroid dienone is 1. The van der Waals surface area contributed by atoms with Gasteiger partial charge in [0, 0.05) is 0 Å². The lowest BCUT2D eigenvalue weighted by Crippen LogP contribution is -2.15. The Morgan fingerprint density at radius 1 is 0.966 bits per heavy atom. The molecule has 0 nitrogen and oxygen atoms in total. The van der Waals surface area contributed by atoms with E-state index in [4.69, 9.17) is 0 Å². The van der Waals surface area contributed by atoms with Crippen LogP contribution in [-0.2, 0) is 0 Å². The van der Waals surface area contributed by atoms with Gasteiger partial charge in [-0.25, -0.2) is 13.2 Å². The van der Waals surface area contributed by atoms with Gasteiger partial charge >= 0.3 is 0 Å². The molecule has 1 unspecified atom stereocenters. The van der Waals surface area contributed by atoms with Crippen molar-refractivity contribution in [2.75, 3.05) is 0 Å². The summed E-state index contributed by atoms with van der Waals surface area (Å²) < 4.78 is 40.2. The molecule has 0 heterocycles. The fourth-order valence-corrected chi connectivity index (χ4v) is 4.34. The van der Waals surface area contributed by atoms with E-state index in [0.717, 1.165) is 37.3 Å². The second-order valence-electron chi connectivity index (χ2n) is 8.63. The van der Waals surface area contributed by atoms with Gasteiger partial charge in [-0.2, -0.15) is 0 Å². The van der Waals surface area contributed by atoms with E-state index in [2.05, 4.69) is 20.4 Å². The minimum Gasteiger partial charge on any atom is -0.204 e. The first-order valence-corrected chi connectivity index (χ1v) is 10.8. The Balaban J connectivity index is 1.59. The molecular formula is C26H31F3. The number of rotatable bonds is 7. The Morgan fingerprint density at radius 2 is 1.55 bits per heavy atom. The molecule has 0 saturated heterocycles. The van der Waals surface area contributed by atoms with Gasteiger partial charge in [0.1, 0.15) is 0 Å². The van der Waals surface area contributed by atoms with Crippen molar-refractivity contribution in [2.24, 2.45) is 11.8 Å². The predicted molar refractivity (Wildman–Crippen MR) is 114 cm³/mol. The van der Waals surface area contributed by atoms with Crippen molar-refractivity contribution < 1.29 is 13.2 Å². The SMILES string of the molecule is C=C(CCC(C)CC)C1CCC(c2ccc(-c3cc(F)c(F)c(F)c3)cc2)CC1. The van der Waals surface area contributed by atoms with Crippen LogP contribution < -0.4 is 0 Å². The third kappa shape index (κ3) is 5.32. The van der Waals surface area contributed by atoms with Crippen molar-refractivity contribution >= 4 is 0 Å². The largest absolute Gasteiger partial charge is 0.204 e. The van der Waals surface area contributed by atoms with Crippen LogP contribution >= 0.6 is 0 Å². The van der Waals surface area contributed by atoms with Crippen LogP contribution in [0.4, 0.5) is 13.2 Å². The van der Waals surface area contributed by atoms with Gasteiger partial charge in [0.15, 0.2) is 17.5 Å². The Hall–Kier alpha value is -2.03. The van der Waals surface area contributed by atoms with E-state index in [1.54, 1.807) is 0 Å². The summed E-state index contributed by atoms with van der Waals surface area (Å²) in [6, 6.07) is 9.92. The van der Waals surface area contributed by atoms with Gasteiger partial charge in [-0.15, -0.1) is 0 Å². The molecule has 2 aromatic rings. The highest BCUT2D eigenvalue weighted by Crippen LogP contribution is 2.40. The van der Waals surface area contributed by atoms with Gasteiger partial charge in [-0.3, -0.25) is 0 Å². The topological polar surface area (TPSA) is 0 Å². The maximum atomic E-state index is 13.5. The Morgan fingerprint density at radius 3 is 2.10 bits per heavy atom. The predicted octanol–water partition coefficient (Wildman–Crippen LogP) is 8.43. The summed E-state index contributed by atoms with van der Waals surface area (Å²) in [5.41, 5.74) is 3.73. The zero-order chi connectivity index (χ0) is 21.0. The van der Waals surface area contributed by atoms with Crippen molar-refractivity contribution in [1.82, 2.24) is 0 Å². The summed E-state index contributed by atoms with van der Waals surface area (Å²) in [5.74, 6) is -1.81. The van der Waals surface area contributed by atoms with Gasteiger partial charge < -0.3 is 0 Å². The van der Waals surface area contributed by atoms with E-state index in [-0.39, 0.29) is 0 Å². The highest BCUT2D eigenvalue weighted by Gasteiger charge is 2.24. The third-order valence-electron chi connectivity index (χ3n) is 6.66. The van der Waals surface area contributed by atoms with E-state index < -0.39 is 17.5 Å². The average molecular weight is 401 g/mol. The normalized spacial score (nSPS) is 20.4. The lowest BCUT2D eigenvalue weighted by molar-refractivity contribution is 0.352. The third-order valence-corrected chi connectivity index (χ3v) is 6.66. The molecule has 1 saturated carbocycles. The Bertz CT molecular complexity index is 807. The minimum atomic E-state index is -1.42. The molecule has 1 fully saturated rings. The minimum absolute atomic E-state index is 0.356. The number of benzene rings is 2. The average Bonchev–Trinajstić information content (AvgIpc) is 2.75. The summed E-state index contributed by atoms with van der Waals surface area (Å²) in [7, 11) is 0. The first kappa shape index (κ1) is 21.7. The standard InChI is InChI=1S/C26H31F3/c1-4-17(2)5-6-18(3)19-7-9-20(10-8-19)21-11-13-22(14-12-21)23-15-24(27)26(29)25(28)16-23/h11-17,19-20H,3-10H2,1-2H3. The molecule has 0 bridgehead atoms. The van der Waals surface area contributed by atoms with Crippen LogP contribution in [0.25, 0.3) is 11.1 Å². The number of halogens is 3. The molecular weight excluding hydrogens is 369 g/mol. The molecule has 0 amide bonds. The molecule has 0 radical (unpaired) electrons. The quantitative estimate of drug-likeness (QED) is 0.323. The van der Waals surface area contributed by atoms with Crippen molar-refractivity contribution in [2.45, 2.75) is 64.7 Å². The zero-order valence-electron chi connectivity index (χ0n) is 17.5. The van der Waals surface area contributed by atoms with Crippen LogP contribution in [0.1, 0.15) is 70.3 Å². The Kier molecular flexibility index (Phi) is 7.21. The van der Waals surface area contributed by atoms with E-state index in [0.29, 0.717) is 23.0 Å². The van der Waals surface area contributed by atoms with E-state index in [9.17, 15) is 13.2 Å². The van der Waals surface area contributed by atoms with Crippen molar-refractivity contribution in [3.8, 4) is 11.1 Å². The van der Waals surface area contributed by atoms with Crippen molar-refractivity contribution in [1.29, 1.82) is 0 Å². The maximum absolute atomic E-state index is 13.5. The second-order valence-corrected chi connectivity index (χ2v) is 8.63. The smallest absolute Gasteiger partial charge is 0.194 e. The van der Waals surface area contributed by atoms with E-state index >= 15 is 0 Å². The van der Waals surface area contributed by atoms with Gasteiger partial charge in [0.2, 0.25) is 0 Å². The Labute approximate surface area is 172 Å². The molecule has 0 aliphatic heterocycles. The van der Waals surface area contributed by atoms with Gasteiger partial charge in [0.25, 0.3) is 0 Å². The highest BCUT2D eigenvalue weighted by atomic mass is 19.2. The molecule has 156 valence electrons. The molecule has 29 heavy (non-hydrogen) atoms. The summed E-state index contributed by atoms with van der Waals surface area (Å²) >= 11 is 0. The highest BCUT2D eigenvalue weighted by molar-refractivity contribution is 5.64. The molecule has 2 aromatic carbocycles. The van der Waals surface area contributed by atoms with Gasteiger partial charge in [-0.05, 0) is 85.1 Å². The molecule has 0 N–H and O–H groups in total. The van der Waals surface area contributed by atoms with Crippen LogP contribution in [0.15, 0.2) is 48.6 Å². The van der Waals surface area contributed by atoms with Gasteiger partial charge in [-0.1, -0.05) is 56.7 Å². The summed E-state index contributed by atoms with van der Waals surface area (Å²) in [4.78, 5) is 0. The monoisotopic (exact) mass is 400 g/mol. The summed E-state index contributed by atoms with van der Waals surface area (Å²) in [6.45, 7) is 8.91. The van der Waals surface area contributed by atoms with Crippen LogP contribution in [0.3, 0.4) is 0 Å². The fourth-order valence-electron chi connectivity index (χ4n) is 4.34. The molecule has 1 atom stereocenters. The van der Waals surface area contributed by atoms with Crippen LogP contribution in [0, 0.1) is 29.3 Å². The number of hydrogen-bond acceptors (Lipinski definition) is 0. The summed E-state index contributed by atoms with van der Waals surface area (Å²) in [6.07, 6.45) is 8.26. The van der Waals surface area contributed by atoms with Crippen molar-refractivity contribution in [3.05, 3.63) is 71.6 Å². The van der Waals surface area contributed by atoms with Gasteiger partial charge in [0.05, 0.1) is 0 Å².